The lowest BCUT2D eigenvalue weighted by molar-refractivity contribution is 0.660. The molecule has 0 bridgehead atoms. The highest BCUT2D eigenvalue weighted by Gasteiger charge is 2.35. The zero-order valence-corrected chi connectivity index (χ0v) is 26.7. The number of anilines is 3. The van der Waals surface area contributed by atoms with Gasteiger partial charge in [-0.05, 0) is 94.0 Å². The molecule has 2 aromatic heterocycles. The van der Waals surface area contributed by atoms with E-state index < -0.39 is 0 Å². The van der Waals surface area contributed by atoms with E-state index in [1.165, 1.54) is 27.8 Å². The molecule has 0 radical (unpaired) electrons. The number of rotatable bonds is 4. The Labute approximate surface area is 278 Å². The van der Waals surface area contributed by atoms with Crippen LogP contribution in [0.2, 0.25) is 0 Å². The minimum absolute atomic E-state index is 0.0861. The van der Waals surface area contributed by atoms with Crippen molar-refractivity contribution in [3.05, 3.63) is 163 Å². The van der Waals surface area contributed by atoms with Gasteiger partial charge < -0.3 is 13.7 Å². The summed E-state index contributed by atoms with van der Waals surface area (Å²) in [4.78, 5) is 2.33. The third-order valence-electron chi connectivity index (χ3n) is 10.3. The molecule has 2 heterocycles. The topological polar surface area (TPSA) is 29.5 Å². The molecular weight excluding hydrogens is 587 g/mol. The Morgan fingerprint density at radius 2 is 0.958 bits per heavy atom. The van der Waals surface area contributed by atoms with Crippen molar-refractivity contribution < 1.29 is 8.83 Å². The van der Waals surface area contributed by atoms with Crippen LogP contribution in [0.5, 0.6) is 0 Å². The summed E-state index contributed by atoms with van der Waals surface area (Å²) in [7, 11) is 0. The van der Waals surface area contributed by atoms with E-state index in [0.29, 0.717) is 0 Å². The van der Waals surface area contributed by atoms with Crippen LogP contribution >= 0.6 is 0 Å². The molecule has 48 heavy (non-hydrogen) atoms. The third-order valence-corrected chi connectivity index (χ3v) is 10.3. The van der Waals surface area contributed by atoms with Gasteiger partial charge >= 0.3 is 0 Å². The summed E-state index contributed by atoms with van der Waals surface area (Å²) in [5.74, 6) is 0. The van der Waals surface area contributed by atoms with Crippen LogP contribution in [-0.2, 0) is 5.41 Å². The number of nitrogens with zero attached hydrogens (tertiary/aromatic N) is 1. The van der Waals surface area contributed by atoms with Gasteiger partial charge in [-0.3, -0.25) is 0 Å². The molecule has 228 valence electrons. The van der Waals surface area contributed by atoms with Gasteiger partial charge in [0, 0.05) is 50.1 Å². The van der Waals surface area contributed by atoms with Gasteiger partial charge in [0.2, 0.25) is 0 Å². The highest BCUT2D eigenvalue weighted by molar-refractivity contribution is 6.15. The Hall–Kier alpha value is -6.06. The molecule has 0 spiro atoms. The highest BCUT2D eigenvalue weighted by Crippen LogP contribution is 2.51. The maximum absolute atomic E-state index is 6.62. The average molecular weight is 618 g/mol. The first-order valence-corrected chi connectivity index (χ1v) is 16.5. The van der Waals surface area contributed by atoms with Crippen molar-refractivity contribution >= 4 is 60.9 Å². The molecule has 0 unspecified atom stereocenters. The summed E-state index contributed by atoms with van der Waals surface area (Å²) in [6.45, 7) is 4.66. The van der Waals surface area contributed by atoms with Gasteiger partial charge in [0.05, 0.1) is 0 Å². The standard InChI is InChI=1S/C45H31NO2/c1-45(2)39-16-10-9-15-33(39)34-21-18-31(24-40(34)45)46(30-13-7-4-8-14-30)32-19-22-36-38-27-43-37(26-44(38)48-42(36)25-32)35-20-17-29(23-41(35)47-43)28-11-5-3-6-12-28/h3-27H,1-2H3. The first-order valence-electron chi connectivity index (χ1n) is 16.5. The van der Waals surface area contributed by atoms with Crippen molar-refractivity contribution in [2.45, 2.75) is 19.3 Å². The Kier molecular flexibility index (Phi) is 5.63. The molecule has 9 aromatic rings. The van der Waals surface area contributed by atoms with Gasteiger partial charge in [0.1, 0.15) is 22.3 Å². The molecule has 0 saturated heterocycles. The zero-order valence-electron chi connectivity index (χ0n) is 26.7. The number of hydrogen-bond acceptors (Lipinski definition) is 3. The number of fused-ring (bicyclic) bond motifs is 9. The smallest absolute Gasteiger partial charge is 0.137 e. The fraction of sp³-hybridized carbons (Fsp3) is 0.0667. The summed E-state index contributed by atoms with van der Waals surface area (Å²) in [6, 6.07) is 54.0. The van der Waals surface area contributed by atoms with E-state index in [1.54, 1.807) is 0 Å². The minimum Gasteiger partial charge on any atom is -0.456 e. The number of hydrogen-bond donors (Lipinski definition) is 0. The van der Waals surface area contributed by atoms with Gasteiger partial charge in [-0.1, -0.05) is 98.8 Å². The minimum atomic E-state index is -0.0861. The van der Waals surface area contributed by atoms with Crippen LogP contribution in [-0.4, -0.2) is 0 Å². The first kappa shape index (κ1) is 27.1. The molecule has 0 fully saturated rings. The Morgan fingerprint density at radius 1 is 0.396 bits per heavy atom. The van der Waals surface area contributed by atoms with Gasteiger partial charge in [-0.15, -0.1) is 0 Å². The van der Waals surface area contributed by atoms with Gasteiger partial charge in [0.15, 0.2) is 0 Å². The highest BCUT2D eigenvalue weighted by atomic mass is 16.3. The predicted octanol–water partition coefficient (Wildman–Crippen LogP) is 12.9. The SMILES string of the molecule is CC1(C)c2ccccc2-c2ccc(N(c3ccccc3)c3ccc4c(c3)oc3cc5c(cc34)oc3cc(-c4ccccc4)ccc35)cc21. The van der Waals surface area contributed by atoms with E-state index in [4.69, 9.17) is 8.83 Å². The van der Waals surface area contributed by atoms with Crippen molar-refractivity contribution in [2.75, 3.05) is 4.90 Å². The molecule has 0 saturated carbocycles. The summed E-state index contributed by atoms with van der Waals surface area (Å²) in [5.41, 5.74) is 14.3. The van der Waals surface area contributed by atoms with Crippen molar-refractivity contribution in [3.8, 4) is 22.3 Å². The summed E-state index contributed by atoms with van der Waals surface area (Å²) < 4.78 is 13.1. The van der Waals surface area contributed by atoms with Crippen molar-refractivity contribution in [1.82, 2.24) is 0 Å². The zero-order chi connectivity index (χ0) is 32.0. The van der Waals surface area contributed by atoms with Crippen molar-refractivity contribution in [2.24, 2.45) is 0 Å². The molecule has 0 amide bonds. The lowest BCUT2D eigenvalue weighted by Crippen LogP contribution is -2.16. The molecule has 7 aromatic carbocycles. The van der Waals surface area contributed by atoms with Gasteiger partial charge in [0.25, 0.3) is 0 Å². The summed E-state index contributed by atoms with van der Waals surface area (Å²) in [6.07, 6.45) is 0. The second-order valence-electron chi connectivity index (χ2n) is 13.4. The second-order valence-corrected chi connectivity index (χ2v) is 13.4. The average Bonchev–Trinajstić information content (AvgIpc) is 3.74. The van der Waals surface area contributed by atoms with Crippen LogP contribution in [0, 0.1) is 0 Å². The molecule has 10 rings (SSSR count). The van der Waals surface area contributed by atoms with E-state index in [-0.39, 0.29) is 5.41 Å². The van der Waals surface area contributed by atoms with Gasteiger partial charge in [-0.25, -0.2) is 0 Å². The molecule has 0 atom stereocenters. The Balaban J connectivity index is 1.10. The molecule has 0 N–H and O–H groups in total. The Morgan fingerprint density at radius 3 is 1.71 bits per heavy atom. The largest absolute Gasteiger partial charge is 0.456 e. The summed E-state index contributed by atoms with van der Waals surface area (Å²) >= 11 is 0. The van der Waals surface area contributed by atoms with E-state index >= 15 is 0 Å². The van der Waals surface area contributed by atoms with Crippen LogP contribution in [0.4, 0.5) is 17.1 Å². The second kappa shape index (κ2) is 9.97. The van der Waals surface area contributed by atoms with Crippen molar-refractivity contribution in [3.63, 3.8) is 0 Å². The van der Waals surface area contributed by atoms with E-state index in [0.717, 1.165) is 66.5 Å². The van der Waals surface area contributed by atoms with Gasteiger partial charge in [-0.2, -0.15) is 0 Å². The Bertz CT molecular complexity index is 2700. The maximum atomic E-state index is 6.62. The molecule has 3 heteroatoms. The monoisotopic (exact) mass is 617 g/mol. The quantitative estimate of drug-likeness (QED) is 0.197. The molecule has 0 aliphatic heterocycles. The van der Waals surface area contributed by atoms with Crippen LogP contribution < -0.4 is 4.90 Å². The van der Waals surface area contributed by atoms with Crippen LogP contribution in [0.1, 0.15) is 25.0 Å². The lowest BCUT2D eigenvalue weighted by atomic mass is 9.82. The maximum Gasteiger partial charge on any atom is 0.137 e. The molecule has 1 aliphatic carbocycles. The van der Waals surface area contributed by atoms with Crippen LogP contribution in [0.25, 0.3) is 66.1 Å². The summed E-state index contributed by atoms with van der Waals surface area (Å²) in [5, 5.41) is 4.27. The van der Waals surface area contributed by atoms with Crippen LogP contribution in [0.3, 0.4) is 0 Å². The lowest BCUT2D eigenvalue weighted by Gasteiger charge is -2.28. The van der Waals surface area contributed by atoms with Crippen molar-refractivity contribution in [1.29, 1.82) is 0 Å². The first-order chi connectivity index (χ1) is 23.5. The normalized spacial score (nSPS) is 13.4. The van der Waals surface area contributed by atoms with E-state index in [1.807, 2.05) is 6.07 Å². The number of para-hydroxylation sites is 1. The van der Waals surface area contributed by atoms with E-state index in [9.17, 15) is 0 Å². The molecule has 3 nitrogen and oxygen atoms in total. The fourth-order valence-corrected chi connectivity index (χ4v) is 7.84. The number of furan rings is 2. The fourth-order valence-electron chi connectivity index (χ4n) is 7.84. The van der Waals surface area contributed by atoms with Crippen LogP contribution in [0.15, 0.2) is 160 Å². The molecule has 1 aliphatic rings. The third kappa shape index (κ3) is 3.94. The molecular formula is C45H31NO2. The number of benzene rings is 7. The predicted molar refractivity (Wildman–Crippen MR) is 199 cm³/mol. The van der Waals surface area contributed by atoms with E-state index in [2.05, 4.69) is 164 Å².